The monoisotopic (exact) mass is 590 g/mol. The Balaban J connectivity index is 1.34. The zero-order chi connectivity index (χ0) is 30.6. The van der Waals surface area contributed by atoms with Crippen molar-refractivity contribution in [1.82, 2.24) is 10.2 Å². The van der Waals surface area contributed by atoms with Crippen LogP contribution in [0, 0.1) is 11.8 Å². The molecular weight excluding hydrogens is 548 g/mol. The molecule has 1 unspecified atom stereocenters. The van der Waals surface area contributed by atoms with E-state index in [1.54, 1.807) is 47.1 Å². The largest absolute Gasteiger partial charge is 0.497 e. The highest BCUT2D eigenvalue weighted by molar-refractivity contribution is 6.07. The maximum atomic E-state index is 14.0. The number of ether oxygens (including phenoxy) is 1. The topological polar surface area (TPSA) is 131 Å². The van der Waals surface area contributed by atoms with Crippen LogP contribution in [0.5, 0.6) is 5.75 Å². The fourth-order valence-electron chi connectivity index (χ4n) is 6.44. The summed E-state index contributed by atoms with van der Waals surface area (Å²) in [4.78, 5) is 42.8. The third-order valence-electron chi connectivity index (χ3n) is 8.96. The Hall–Kier alpha value is -3.73. The Morgan fingerprint density at radius 2 is 2.05 bits per heavy atom. The molecule has 2 aromatic rings. The van der Waals surface area contributed by atoms with Crippen LogP contribution in [0.15, 0.2) is 54.6 Å². The number of rotatable bonds is 10. The first-order valence-corrected chi connectivity index (χ1v) is 15.2. The number of carbonyl (C=O) groups is 3. The highest BCUT2D eigenvalue weighted by atomic mass is 16.5. The number of aliphatic hydroxyl groups is 2. The Morgan fingerprint density at radius 1 is 1.21 bits per heavy atom. The number of fused-ring (bicyclic) bond motifs is 1. The Bertz CT molecular complexity index is 1370. The van der Waals surface area contributed by atoms with Gasteiger partial charge in [0.15, 0.2) is 5.60 Å². The van der Waals surface area contributed by atoms with Gasteiger partial charge in [-0.15, -0.1) is 0 Å². The molecule has 0 saturated carbocycles. The van der Waals surface area contributed by atoms with Crippen LogP contribution < -0.4 is 20.3 Å². The van der Waals surface area contributed by atoms with E-state index < -0.39 is 17.4 Å². The van der Waals surface area contributed by atoms with Gasteiger partial charge in [-0.05, 0) is 68.1 Å². The molecule has 3 aliphatic rings. The van der Waals surface area contributed by atoms with E-state index in [0.717, 1.165) is 37.8 Å². The summed E-state index contributed by atoms with van der Waals surface area (Å²) in [5, 5.41) is 27.9. The Kier molecular flexibility index (Phi) is 9.49. The molecular formula is C33H42N4O6. The number of carbonyl (C=O) groups excluding carboxylic acids is 3. The highest BCUT2D eigenvalue weighted by Gasteiger charge is 2.52. The van der Waals surface area contributed by atoms with Crippen molar-refractivity contribution in [3.05, 3.63) is 65.7 Å². The van der Waals surface area contributed by atoms with Crippen molar-refractivity contribution < 1.29 is 29.3 Å². The number of aliphatic hydroxyl groups excluding tert-OH is 1. The third kappa shape index (κ3) is 6.32. The van der Waals surface area contributed by atoms with E-state index in [4.69, 9.17) is 4.74 Å². The first-order valence-electron chi connectivity index (χ1n) is 15.2. The average molecular weight is 591 g/mol. The molecule has 230 valence electrons. The van der Waals surface area contributed by atoms with Gasteiger partial charge in [-0.1, -0.05) is 31.2 Å². The molecule has 4 atom stereocenters. The molecule has 2 aromatic carbocycles. The molecule has 10 nitrogen and oxygen atoms in total. The zero-order valence-electron chi connectivity index (χ0n) is 24.9. The van der Waals surface area contributed by atoms with E-state index in [1.807, 2.05) is 24.3 Å². The lowest BCUT2D eigenvalue weighted by Gasteiger charge is -2.28. The number of piperidine rings is 1. The van der Waals surface area contributed by atoms with E-state index in [-0.39, 0.29) is 43.3 Å². The van der Waals surface area contributed by atoms with Crippen LogP contribution >= 0.6 is 0 Å². The van der Waals surface area contributed by atoms with Gasteiger partial charge in [-0.25, -0.2) is 0 Å². The van der Waals surface area contributed by atoms with Gasteiger partial charge in [0.2, 0.25) is 11.8 Å². The Labute approximate surface area is 252 Å². The summed E-state index contributed by atoms with van der Waals surface area (Å²) in [6.07, 6.45) is 7.00. The summed E-state index contributed by atoms with van der Waals surface area (Å²) in [6.45, 7) is 4.12. The lowest BCUT2D eigenvalue weighted by Crippen LogP contribution is -2.44. The molecule has 3 heterocycles. The van der Waals surface area contributed by atoms with E-state index >= 15 is 0 Å². The number of amides is 3. The van der Waals surface area contributed by atoms with Crippen LogP contribution in [0.3, 0.4) is 0 Å². The van der Waals surface area contributed by atoms with Crippen molar-refractivity contribution in [2.45, 2.75) is 57.2 Å². The van der Waals surface area contributed by atoms with Crippen molar-refractivity contribution in [2.75, 3.05) is 43.6 Å². The fraction of sp³-hybridized carbons (Fsp3) is 0.485. The minimum absolute atomic E-state index is 0.0240. The Morgan fingerprint density at radius 3 is 2.79 bits per heavy atom. The predicted molar refractivity (Wildman–Crippen MR) is 163 cm³/mol. The number of hydrogen-bond donors (Lipinski definition) is 4. The van der Waals surface area contributed by atoms with Gasteiger partial charge in [0.1, 0.15) is 5.75 Å². The van der Waals surface area contributed by atoms with E-state index in [1.165, 1.54) is 7.11 Å². The predicted octanol–water partition coefficient (Wildman–Crippen LogP) is 2.93. The summed E-state index contributed by atoms with van der Waals surface area (Å²) in [5.74, 6) is -0.786. The highest BCUT2D eigenvalue weighted by Crippen LogP contribution is 2.47. The number of methoxy groups -OCH3 is 1. The molecule has 0 aromatic heterocycles. The summed E-state index contributed by atoms with van der Waals surface area (Å²) >= 11 is 0. The molecule has 0 aliphatic carbocycles. The standard InChI is InChI=1S/C33H42N4O6/c1-22(7-3-12-30(39)36-16-6-11-26(36)21-38)33(42)28-18-27(43-2)13-14-29(28)37(32(33)41)20-23-8-4-10-25(17-23)35-31(40)24-9-5-15-34-19-24/h3-4,7-8,10,13-14,17-18,22,24,26,34,38,42H,5-6,9,11-12,15-16,19-21H2,1-2H3,(H,35,40)/b7-3+/t22-,24?,26-,33+/m0/s1. The van der Waals surface area contributed by atoms with Crippen molar-refractivity contribution in [3.8, 4) is 5.75 Å². The van der Waals surface area contributed by atoms with Crippen LogP contribution in [-0.4, -0.2) is 72.2 Å². The van der Waals surface area contributed by atoms with Crippen LogP contribution in [0.25, 0.3) is 0 Å². The molecule has 5 rings (SSSR count). The molecule has 0 bridgehead atoms. The quantitative estimate of drug-likeness (QED) is 0.313. The van der Waals surface area contributed by atoms with Crippen molar-refractivity contribution in [3.63, 3.8) is 0 Å². The zero-order valence-corrected chi connectivity index (χ0v) is 24.9. The minimum Gasteiger partial charge on any atom is -0.497 e. The summed E-state index contributed by atoms with van der Waals surface area (Å²) in [7, 11) is 1.53. The second-order valence-electron chi connectivity index (χ2n) is 11.8. The summed E-state index contributed by atoms with van der Waals surface area (Å²) in [6, 6.07) is 12.5. The number of nitrogens with zero attached hydrogens (tertiary/aromatic N) is 2. The van der Waals surface area contributed by atoms with E-state index in [0.29, 0.717) is 35.8 Å². The molecule has 2 fully saturated rings. The number of benzene rings is 2. The van der Waals surface area contributed by atoms with Crippen LogP contribution in [0.2, 0.25) is 0 Å². The summed E-state index contributed by atoms with van der Waals surface area (Å²) in [5.41, 5.74) is 0.610. The van der Waals surface area contributed by atoms with Crippen LogP contribution in [0.1, 0.15) is 50.2 Å². The number of likely N-dealkylation sites (tertiary alicyclic amines) is 1. The molecule has 10 heteroatoms. The van der Waals surface area contributed by atoms with Crippen molar-refractivity contribution >= 4 is 29.1 Å². The van der Waals surface area contributed by atoms with Gasteiger partial charge in [0.05, 0.1) is 37.9 Å². The van der Waals surface area contributed by atoms with Gasteiger partial charge in [0, 0.05) is 36.7 Å². The fourth-order valence-corrected chi connectivity index (χ4v) is 6.44. The molecule has 0 spiro atoms. The summed E-state index contributed by atoms with van der Waals surface area (Å²) < 4.78 is 5.42. The van der Waals surface area contributed by atoms with E-state index in [2.05, 4.69) is 10.6 Å². The van der Waals surface area contributed by atoms with Gasteiger partial charge >= 0.3 is 0 Å². The number of anilines is 2. The van der Waals surface area contributed by atoms with Crippen LogP contribution in [0.4, 0.5) is 11.4 Å². The van der Waals surface area contributed by atoms with Crippen LogP contribution in [-0.2, 0) is 26.5 Å². The van der Waals surface area contributed by atoms with Gasteiger partial charge in [-0.2, -0.15) is 0 Å². The molecule has 4 N–H and O–H groups in total. The molecule has 43 heavy (non-hydrogen) atoms. The van der Waals surface area contributed by atoms with E-state index in [9.17, 15) is 24.6 Å². The first-order chi connectivity index (χ1) is 20.8. The second kappa shape index (κ2) is 13.3. The SMILES string of the molecule is COc1ccc2c(c1)[C@](O)([C@@H](C)/C=C/CC(=O)N1CCC[C@H]1CO)C(=O)N2Cc1cccc(NC(=O)C2CCCNC2)c1. The van der Waals surface area contributed by atoms with Gasteiger partial charge in [-0.3, -0.25) is 14.4 Å². The van der Waals surface area contributed by atoms with Crippen molar-refractivity contribution in [1.29, 1.82) is 0 Å². The van der Waals surface area contributed by atoms with Gasteiger partial charge in [0.25, 0.3) is 5.91 Å². The normalized spacial score (nSPS) is 24.3. The minimum atomic E-state index is -1.87. The lowest BCUT2D eigenvalue weighted by molar-refractivity contribution is -0.139. The second-order valence-corrected chi connectivity index (χ2v) is 11.8. The average Bonchev–Trinajstić information content (AvgIpc) is 3.59. The maximum absolute atomic E-state index is 14.0. The molecule has 3 amide bonds. The van der Waals surface area contributed by atoms with Crippen molar-refractivity contribution in [2.24, 2.45) is 11.8 Å². The number of hydrogen-bond acceptors (Lipinski definition) is 7. The third-order valence-corrected chi connectivity index (χ3v) is 8.96. The first kappa shape index (κ1) is 30.7. The molecule has 2 saturated heterocycles. The smallest absolute Gasteiger partial charge is 0.264 e. The van der Waals surface area contributed by atoms with Gasteiger partial charge < -0.3 is 35.4 Å². The lowest BCUT2D eigenvalue weighted by atomic mass is 9.83. The molecule has 0 radical (unpaired) electrons. The number of nitrogens with one attached hydrogen (secondary N) is 2. The maximum Gasteiger partial charge on any atom is 0.264 e. The molecule has 3 aliphatic heterocycles.